The summed E-state index contributed by atoms with van der Waals surface area (Å²) in [5.41, 5.74) is 3.03. The predicted molar refractivity (Wildman–Crippen MR) is 126 cm³/mol. The molecule has 3 fully saturated rings. The molecular formula is C27H40N2O3. The maximum Gasteiger partial charge on any atom is 0.225 e. The first kappa shape index (κ1) is 22.2. The van der Waals surface area contributed by atoms with Gasteiger partial charge in [0.25, 0.3) is 0 Å². The standard InChI is InChI=1S/C27H40N2O3/c30-27(22-3-2-17-31-19-22)28-23-8-6-20(7-9-23)10-14-29-15-11-21(12-16-29)24-4-1-5-26-25(24)13-18-32-26/h1,4-5,20-23H,2-3,6-19H2,(H,28,30)/t20?,22-,23?/m0/s1. The number of hydrogen-bond donors (Lipinski definition) is 1. The maximum atomic E-state index is 12.5. The fourth-order valence-electron chi connectivity index (χ4n) is 6.33. The quantitative estimate of drug-likeness (QED) is 0.717. The summed E-state index contributed by atoms with van der Waals surface area (Å²) in [4.78, 5) is 15.2. The third-order valence-electron chi connectivity index (χ3n) is 8.38. The predicted octanol–water partition coefficient (Wildman–Crippen LogP) is 4.29. The molecule has 0 aromatic heterocycles. The second-order valence-corrected chi connectivity index (χ2v) is 10.5. The SMILES string of the molecule is O=C(NC1CCC(CCN2CCC(c3cccc4c3CCO4)CC2)CC1)[C@H]1CCCOC1. The number of ether oxygens (including phenoxy) is 2. The molecule has 0 spiro atoms. The second kappa shape index (κ2) is 10.6. The Hall–Kier alpha value is -1.59. The van der Waals surface area contributed by atoms with Gasteiger partial charge in [-0.05, 0) is 101 Å². The van der Waals surface area contributed by atoms with Gasteiger partial charge < -0.3 is 19.7 Å². The van der Waals surface area contributed by atoms with E-state index in [4.69, 9.17) is 9.47 Å². The third kappa shape index (κ3) is 5.31. The lowest BCUT2D eigenvalue weighted by atomic mass is 9.83. The molecule has 1 amide bonds. The van der Waals surface area contributed by atoms with Gasteiger partial charge in [-0.25, -0.2) is 0 Å². The molecular weight excluding hydrogens is 400 g/mol. The van der Waals surface area contributed by atoms with E-state index >= 15 is 0 Å². The van der Waals surface area contributed by atoms with Gasteiger partial charge in [0.1, 0.15) is 5.75 Å². The summed E-state index contributed by atoms with van der Waals surface area (Å²) < 4.78 is 11.3. The van der Waals surface area contributed by atoms with Gasteiger partial charge >= 0.3 is 0 Å². The first-order chi connectivity index (χ1) is 15.8. The van der Waals surface area contributed by atoms with Gasteiger partial charge in [0.2, 0.25) is 5.91 Å². The fourth-order valence-corrected chi connectivity index (χ4v) is 6.33. The lowest BCUT2D eigenvalue weighted by molar-refractivity contribution is -0.130. The average Bonchev–Trinajstić information content (AvgIpc) is 3.34. The van der Waals surface area contributed by atoms with Gasteiger partial charge in [-0.3, -0.25) is 4.79 Å². The molecule has 5 nitrogen and oxygen atoms in total. The number of fused-ring (bicyclic) bond motifs is 1. The van der Waals surface area contributed by atoms with Gasteiger partial charge in [-0.15, -0.1) is 0 Å². The van der Waals surface area contributed by atoms with E-state index in [0.29, 0.717) is 18.6 Å². The summed E-state index contributed by atoms with van der Waals surface area (Å²) in [6.45, 7) is 5.97. The molecule has 3 aliphatic heterocycles. The molecule has 1 aliphatic carbocycles. The number of carbonyl (C=O) groups excluding carboxylic acids is 1. The van der Waals surface area contributed by atoms with E-state index in [2.05, 4.69) is 28.4 Å². The highest BCUT2D eigenvalue weighted by atomic mass is 16.5. The minimum Gasteiger partial charge on any atom is -0.493 e. The smallest absolute Gasteiger partial charge is 0.225 e. The van der Waals surface area contributed by atoms with Gasteiger partial charge in [-0.2, -0.15) is 0 Å². The number of nitrogens with zero attached hydrogens (tertiary/aromatic N) is 1. The molecule has 1 atom stereocenters. The van der Waals surface area contributed by atoms with Crippen LogP contribution in [0.4, 0.5) is 0 Å². The van der Waals surface area contributed by atoms with Crippen molar-refractivity contribution in [3.63, 3.8) is 0 Å². The maximum absolute atomic E-state index is 12.5. The number of hydrogen-bond acceptors (Lipinski definition) is 4. The summed E-state index contributed by atoms with van der Waals surface area (Å²) >= 11 is 0. The van der Waals surface area contributed by atoms with E-state index in [0.717, 1.165) is 57.0 Å². The zero-order valence-corrected chi connectivity index (χ0v) is 19.5. The van der Waals surface area contributed by atoms with E-state index in [9.17, 15) is 4.79 Å². The molecule has 0 radical (unpaired) electrons. The number of piperidine rings is 1. The van der Waals surface area contributed by atoms with Crippen LogP contribution in [0.25, 0.3) is 0 Å². The van der Waals surface area contributed by atoms with Crippen molar-refractivity contribution in [2.75, 3.05) is 39.5 Å². The lowest BCUT2D eigenvalue weighted by Gasteiger charge is -2.35. The van der Waals surface area contributed by atoms with Crippen LogP contribution < -0.4 is 10.1 Å². The van der Waals surface area contributed by atoms with Gasteiger partial charge in [0, 0.05) is 24.6 Å². The van der Waals surface area contributed by atoms with Gasteiger partial charge in [0.15, 0.2) is 0 Å². The Kier molecular flexibility index (Phi) is 7.33. The summed E-state index contributed by atoms with van der Waals surface area (Å²) in [5, 5.41) is 3.31. The van der Waals surface area contributed by atoms with E-state index in [1.165, 1.54) is 57.3 Å². The van der Waals surface area contributed by atoms with Crippen molar-refractivity contribution in [3.8, 4) is 5.75 Å². The Morgan fingerprint density at radius 1 is 1.03 bits per heavy atom. The third-order valence-corrected chi connectivity index (χ3v) is 8.38. The van der Waals surface area contributed by atoms with Crippen LogP contribution in [0.5, 0.6) is 5.75 Å². The number of nitrogens with one attached hydrogen (secondary N) is 1. The molecule has 32 heavy (non-hydrogen) atoms. The minimum absolute atomic E-state index is 0.0777. The first-order valence-electron chi connectivity index (χ1n) is 13.1. The highest BCUT2D eigenvalue weighted by Crippen LogP contribution is 2.37. The zero-order valence-electron chi connectivity index (χ0n) is 19.5. The topological polar surface area (TPSA) is 50.8 Å². The lowest BCUT2D eigenvalue weighted by Crippen LogP contribution is -2.43. The van der Waals surface area contributed by atoms with E-state index in [1.807, 2.05) is 0 Å². The fraction of sp³-hybridized carbons (Fsp3) is 0.741. The molecule has 1 aromatic carbocycles. The Labute approximate surface area is 193 Å². The Morgan fingerprint density at radius 3 is 2.66 bits per heavy atom. The molecule has 0 bridgehead atoms. The highest BCUT2D eigenvalue weighted by Gasteiger charge is 2.29. The van der Waals surface area contributed by atoms with Crippen molar-refractivity contribution in [2.24, 2.45) is 11.8 Å². The van der Waals surface area contributed by atoms with Crippen molar-refractivity contribution in [2.45, 2.75) is 76.2 Å². The van der Waals surface area contributed by atoms with Crippen molar-refractivity contribution < 1.29 is 14.3 Å². The Bertz CT molecular complexity index is 760. The van der Waals surface area contributed by atoms with Crippen LogP contribution in [0.15, 0.2) is 18.2 Å². The van der Waals surface area contributed by atoms with Crippen LogP contribution in [0.3, 0.4) is 0 Å². The minimum atomic E-state index is 0.0777. The van der Waals surface area contributed by atoms with Crippen LogP contribution in [0.1, 0.15) is 74.8 Å². The molecule has 1 saturated carbocycles. The molecule has 5 heteroatoms. The molecule has 0 unspecified atom stereocenters. The second-order valence-electron chi connectivity index (χ2n) is 10.5. The van der Waals surface area contributed by atoms with Crippen molar-refractivity contribution in [3.05, 3.63) is 29.3 Å². The average molecular weight is 441 g/mol. The number of likely N-dealkylation sites (tertiary alicyclic amines) is 1. The molecule has 2 saturated heterocycles. The molecule has 3 heterocycles. The summed E-state index contributed by atoms with van der Waals surface area (Å²) in [7, 11) is 0. The summed E-state index contributed by atoms with van der Waals surface area (Å²) in [6, 6.07) is 7.03. The van der Waals surface area contributed by atoms with Crippen molar-refractivity contribution in [1.29, 1.82) is 0 Å². The van der Waals surface area contributed by atoms with Gasteiger partial charge in [-0.1, -0.05) is 12.1 Å². The zero-order chi connectivity index (χ0) is 21.8. The Morgan fingerprint density at radius 2 is 1.88 bits per heavy atom. The van der Waals surface area contributed by atoms with Crippen LogP contribution in [-0.4, -0.2) is 56.3 Å². The largest absolute Gasteiger partial charge is 0.493 e. The molecule has 176 valence electrons. The van der Waals surface area contributed by atoms with Crippen LogP contribution >= 0.6 is 0 Å². The molecule has 1 N–H and O–H groups in total. The normalized spacial score (nSPS) is 29.3. The monoisotopic (exact) mass is 440 g/mol. The van der Waals surface area contributed by atoms with Crippen molar-refractivity contribution in [1.82, 2.24) is 10.2 Å². The van der Waals surface area contributed by atoms with Crippen molar-refractivity contribution >= 4 is 5.91 Å². The Balaban J connectivity index is 1.00. The van der Waals surface area contributed by atoms with Crippen LogP contribution in [0, 0.1) is 11.8 Å². The van der Waals surface area contributed by atoms with E-state index in [-0.39, 0.29) is 11.8 Å². The van der Waals surface area contributed by atoms with Crippen LogP contribution in [-0.2, 0) is 16.0 Å². The number of amides is 1. The number of carbonyl (C=O) groups is 1. The molecule has 5 rings (SSSR count). The highest BCUT2D eigenvalue weighted by molar-refractivity contribution is 5.79. The molecule has 1 aromatic rings. The van der Waals surface area contributed by atoms with Crippen LogP contribution in [0.2, 0.25) is 0 Å². The van der Waals surface area contributed by atoms with E-state index in [1.54, 1.807) is 5.56 Å². The first-order valence-corrected chi connectivity index (χ1v) is 13.1. The van der Waals surface area contributed by atoms with Gasteiger partial charge in [0.05, 0.1) is 19.1 Å². The summed E-state index contributed by atoms with van der Waals surface area (Å²) in [6.07, 6.45) is 11.8. The number of rotatable bonds is 6. The number of benzene rings is 1. The molecule has 4 aliphatic rings. The summed E-state index contributed by atoms with van der Waals surface area (Å²) in [5.74, 6) is 2.97. The van der Waals surface area contributed by atoms with E-state index < -0.39 is 0 Å².